The van der Waals surface area contributed by atoms with Crippen molar-refractivity contribution in [2.24, 2.45) is 5.92 Å². The summed E-state index contributed by atoms with van der Waals surface area (Å²) in [5.74, 6) is -2.05. The van der Waals surface area contributed by atoms with Crippen LogP contribution in [0.3, 0.4) is 0 Å². The zero-order chi connectivity index (χ0) is 14.0. The summed E-state index contributed by atoms with van der Waals surface area (Å²) in [7, 11) is 1.57. The van der Waals surface area contributed by atoms with Gasteiger partial charge >= 0.3 is 0 Å². The largest absolute Gasteiger partial charge is 0.396 e. The highest BCUT2D eigenvalue weighted by Gasteiger charge is 2.25. The second-order valence-electron chi connectivity index (χ2n) is 5.16. The van der Waals surface area contributed by atoms with Crippen LogP contribution in [0, 0.1) is 17.6 Å². The topological polar surface area (TPSA) is 46.3 Å². The summed E-state index contributed by atoms with van der Waals surface area (Å²) in [5, 5.41) is 0. The van der Waals surface area contributed by atoms with Crippen molar-refractivity contribution < 1.29 is 13.6 Å². The molecule has 1 saturated carbocycles. The van der Waals surface area contributed by atoms with Gasteiger partial charge in [0.2, 0.25) is 0 Å². The number of hydrogen-bond acceptors (Lipinski definition) is 2. The molecule has 0 saturated heterocycles. The Bertz CT molecular complexity index is 485. The van der Waals surface area contributed by atoms with E-state index >= 15 is 0 Å². The van der Waals surface area contributed by atoms with Gasteiger partial charge in [0, 0.05) is 13.6 Å². The van der Waals surface area contributed by atoms with Gasteiger partial charge in [-0.25, -0.2) is 8.78 Å². The SMILES string of the molecule is CN(CC1CCCC1)C(=O)c1c(F)ccc(N)c1F. The molecule has 2 rings (SSSR count). The van der Waals surface area contributed by atoms with E-state index in [0.29, 0.717) is 12.5 Å². The molecule has 0 unspecified atom stereocenters. The van der Waals surface area contributed by atoms with E-state index in [9.17, 15) is 13.6 Å². The minimum Gasteiger partial charge on any atom is -0.396 e. The summed E-state index contributed by atoms with van der Waals surface area (Å²) < 4.78 is 27.4. The number of carbonyl (C=O) groups excluding carboxylic acids is 1. The van der Waals surface area contributed by atoms with Crippen LogP contribution in [0.2, 0.25) is 0 Å². The van der Waals surface area contributed by atoms with Crippen LogP contribution < -0.4 is 5.73 Å². The van der Waals surface area contributed by atoms with Crippen LogP contribution in [0.4, 0.5) is 14.5 Å². The van der Waals surface area contributed by atoms with E-state index < -0.39 is 23.1 Å². The predicted octanol–water partition coefficient (Wildman–Crippen LogP) is 2.81. The van der Waals surface area contributed by atoms with Crippen molar-refractivity contribution in [2.45, 2.75) is 25.7 Å². The van der Waals surface area contributed by atoms with Crippen LogP contribution in [0.1, 0.15) is 36.0 Å². The Kier molecular flexibility index (Phi) is 4.02. The lowest BCUT2D eigenvalue weighted by atomic mass is 10.1. The molecule has 1 aromatic rings. The third kappa shape index (κ3) is 2.85. The number of hydrogen-bond donors (Lipinski definition) is 1. The number of anilines is 1. The summed E-state index contributed by atoms with van der Waals surface area (Å²) in [4.78, 5) is 13.5. The van der Waals surface area contributed by atoms with Crippen molar-refractivity contribution >= 4 is 11.6 Å². The highest BCUT2D eigenvalue weighted by atomic mass is 19.1. The molecule has 0 aliphatic heterocycles. The van der Waals surface area contributed by atoms with Crippen LogP contribution in [-0.2, 0) is 0 Å². The number of nitrogens with two attached hydrogens (primary N) is 1. The van der Waals surface area contributed by atoms with E-state index in [2.05, 4.69) is 0 Å². The molecular formula is C14H18F2N2O. The Balaban J connectivity index is 2.16. The lowest BCUT2D eigenvalue weighted by molar-refractivity contribution is 0.0763. The molecule has 1 fully saturated rings. The molecule has 2 N–H and O–H groups in total. The molecule has 19 heavy (non-hydrogen) atoms. The van der Waals surface area contributed by atoms with Crippen molar-refractivity contribution in [2.75, 3.05) is 19.3 Å². The van der Waals surface area contributed by atoms with Crippen LogP contribution in [0.25, 0.3) is 0 Å². The molecule has 1 aromatic carbocycles. The zero-order valence-corrected chi connectivity index (χ0v) is 11.0. The molecule has 0 spiro atoms. The van der Waals surface area contributed by atoms with Gasteiger partial charge in [-0.05, 0) is 30.9 Å². The van der Waals surface area contributed by atoms with Gasteiger partial charge < -0.3 is 10.6 Å². The molecule has 104 valence electrons. The molecule has 0 heterocycles. The van der Waals surface area contributed by atoms with Crippen LogP contribution in [0.5, 0.6) is 0 Å². The van der Waals surface area contributed by atoms with Gasteiger partial charge in [-0.1, -0.05) is 12.8 Å². The van der Waals surface area contributed by atoms with Gasteiger partial charge in [-0.15, -0.1) is 0 Å². The molecule has 3 nitrogen and oxygen atoms in total. The molecule has 0 aromatic heterocycles. The Labute approximate surface area is 111 Å². The summed E-state index contributed by atoms with van der Waals surface area (Å²) in [5.41, 5.74) is 4.61. The number of amides is 1. The normalized spacial score (nSPS) is 15.7. The van der Waals surface area contributed by atoms with E-state index in [-0.39, 0.29) is 5.69 Å². The maximum atomic E-state index is 13.8. The van der Waals surface area contributed by atoms with Gasteiger partial charge in [0.1, 0.15) is 11.4 Å². The third-order valence-electron chi connectivity index (χ3n) is 3.69. The van der Waals surface area contributed by atoms with Crippen molar-refractivity contribution in [3.63, 3.8) is 0 Å². The molecule has 0 radical (unpaired) electrons. The number of nitrogens with zero attached hydrogens (tertiary/aromatic N) is 1. The summed E-state index contributed by atoms with van der Waals surface area (Å²) >= 11 is 0. The van der Waals surface area contributed by atoms with E-state index in [1.807, 2.05) is 0 Å². The van der Waals surface area contributed by atoms with Crippen molar-refractivity contribution in [1.82, 2.24) is 4.90 Å². The molecule has 1 amide bonds. The lowest BCUT2D eigenvalue weighted by Gasteiger charge is -2.21. The Morgan fingerprint density at radius 3 is 2.63 bits per heavy atom. The predicted molar refractivity (Wildman–Crippen MR) is 69.7 cm³/mol. The molecule has 1 aliphatic carbocycles. The molecule has 0 bridgehead atoms. The third-order valence-corrected chi connectivity index (χ3v) is 3.69. The van der Waals surface area contributed by atoms with E-state index in [0.717, 1.165) is 37.8 Å². The fourth-order valence-electron chi connectivity index (χ4n) is 2.62. The maximum Gasteiger partial charge on any atom is 0.259 e. The van der Waals surface area contributed by atoms with Crippen molar-refractivity contribution in [3.8, 4) is 0 Å². The fraction of sp³-hybridized carbons (Fsp3) is 0.500. The second kappa shape index (κ2) is 5.55. The van der Waals surface area contributed by atoms with Crippen molar-refractivity contribution in [3.05, 3.63) is 29.3 Å². The average molecular weight is 268 g/mol. The first-order valence-corrected chi connectivity index (χ1v) is 6.49. The summed E-state index contributed by atoms with van der Waals surface area (Å²) in [6.45, 7) is 0.534. The summed E-state index contributed by atoms with van der Waals surface area (Å²) in [6, 6.07) is 2.15. The van der Waals surface area contributed by atoms with Crippen LogP contribution in [-0.4, -0.2) is 24.4 Å². The first-order valence-electron chi connectivity index (χ1n) is 6.49. The molecular weight excluding hydrogens is 250 g/mol. The van der Waals surface area contributed by atoms with Gasteiger partial charge in [0.15, 0.2) is 5.82 Å². The summed E-state index contributed by atoms with van der Waals surface area (Å²) in [6.07, 6.45) is 4.46. The minimum atomic E-state index is -0.969. The van der Waals surface area contributed by atoms with Gasteiger partial charge in [-0.3, -0.25) is 4.79 Å². The monoisotopic (exact) mass is 268 g/mol. The standard InChI is InChI=1S/C14H18F2N2O/c1-18(8-9-4-2-3-5-9)14(19)12-10(15)6-7-11(17)13(12)16/h6-7,9H,2-5,8,17H2,1H3. The number of halogens is 2. The number of rotatable bonds is 3. The van der Waals surface area contributed by atoms with E-state index in [1.54, 1.807) is 7.05 Å². The Morgan fingerprint density at radius 2 is 2.00 bits per heavy atom. The van der Waals surface area contributed by atoms with E-state index in [1.165, 1.54) is 4.90 Å². The zero-order valence-electron chi connectivity index (χ0n) is 11.0. The first kappa shape index (κ1) is 13.8. The first-order chi connectivity index (χ1) is 9.00. The average Bonchev–Trinajstić information content (AvgIpc) is 2.87. The number of carbonyl (C=O) groups is 1. The van der Waals surface area contributed by atoms with Crippen molar-refractivity contribution in [1.29, 1.82) is 0 Å². The molecule has 0 atom stereocenters. The van der Waals surface area contributed by atoms with Gasteiger partial charge in [0.25, 0.3) is 5.91 Å². The lowest BCUT2D eigenvalue weighted by Crippen LogP contribution is -2.32. The fourth-order valence-corrected chi connectivity index (χ4v) is 2.62. The van der Waals surface area contributed by atoms with E-state index in [4.69, 9.17) is 5.73 Å². The molecule has 1 aliphatic rings. The number of nitrogen functional groups attached to an aromatic ring is 1. The second-order valence-corrected chi connectivity index (χ2v) is 5.16. The molecule has 5 heteroatoms. The van der Waals surface area contributed by atoms with Crippen LogP contribution >= 0.6 is 0 Å². The highest BCUT2D eigenvalue weighted by Crippen LogP contribution is 2.26. The smallest absolute Gasteiger partial charge is 0.259 e. The maximum absolute atomic E-state index is 13.8. The quantitative estimate of drug-likeness (QED) is 0.857. The van der Waals surface area contributed by atoms with Gasteiger partial charge in [-0.2, -0.15) is 0 Å². The minimum absolute atomic E-state index is 0.209. The van der Waals surface area contributed by atoms with Gasteiger partial charge in [0.05, 0.1) is 5.69 Å². The Hall–Kier alpha value is -1.65. The Morgan fingerprint density at radius 1 is 1.37 bits per heavy atom. The highest BCUT2D eigenvalue weighted by molar-refractivity contribution is 5.95. The van der Waals surface area contributed by atoms with Crippen LogP contribution in [0.15, 0.2) is 12.1 Å². The number of benzene rings is 1.